The number of aliphatic hydroxyl groups is 1. The first kappa shape index (κ1) is 11.3. The van der Waals surface area contributed by atoms with Gasteiger partial charge in [-0.1, -0.05) is 6.92 Å². The minimum Gasteiger partial charge on any atom is -0.387 e. The van der Waals surface area contributed by atoms with E-state index in [-0.39, 0.29) is 0 Å². The molecule has 1 aromatic rings. The van der Waals surface area contributed by atoms with Crippen molar-refractivity contribution in [2.45, 2.75) is 20.0 Å². The molecule has 4 heteroatoms. The van der Waals surface area contributed by atoms with E-state index in [0.29, 0.717) is 11.6 Å². The molecule has 0 aliphatic carbocycles. The van der Waals surface area contributed by atoms with Crippen molar-refractivity contribution in [2.24, 2.45) is 0 Å². The van der Waals surface area contributed by atoms with E-state index in [1.165, 1.54) is 0 Å². The largest absolute Gasteiger partial charge is 0.387 e. The van der Waals surface area contributed by atoms with Crippen LogP contribution in [0.25, 0.3) is 0 Å². The number of hydrogen-bond donors (Lipinski definition) is 2. The molecular formula is C10H16N2OS. The molecule has 14 heavy (non-hydrogen) atoms. The zero-order valence-corrected chi connectivity index (χ0v) is 9.34. The van der Waals surface area contributed by atoms with Crippen LogP contribution < -0.4 is 5.73 Å². The topological polar surface area (TPSA) is 59.1 Å². The van der Waals surface area contributed by atoms with Crippen LogP contribution in [0.4, 0.5) is 5.82 Å². The summed E-state index contributed by atoms with van der Waals surface area (Å²) < 4.78 is 0. The molecule has 3 N–H and O–H groups in total. The van der Waals surface area contributed by atoms with Gasteiger partial charge in [0.15, 0.2) is 0 Å². The Kier molecular flexibility index (Phi) is 4.22. The van der Waals surface area contributed by atoms with Crippen molar-refractivity contribution in [1.82, 2.24) is 4.98 Å². The predicted octanol–water partition coefficient (Wildman–Crippen LogP) is 1.76. The van der Waals surface area contributed by atoms with Crippen LogP contribution in [-0.4, -0.2) is 21.6 Å². The van der Waals surface area contributed by atoms with Gasteiger partial charge in [-0.2, -0.15) is 11.8 Å². The lowest BCUT2D eigenvalue weighted by Crippen LogP contribution is -2.08. The lowest BCUT2D eigenvalue weighted by molar-refractivity contribution is 0.204. The summed E-state index contributed by atoms with van der Waals surface area (Å²) in [5.41, 5.74) is 7.49. The van der Waals surface area contributed by atoms with Gasteiger partial charge in [-0.3, -0.25) is 0 Å². The monoisotopic (exact) mass is 212 g/mol. The van der Waals surface area contributed by atoms with E-state index in [1.807, 2.05) is 13.0 Å². The third kappa shape index (κ3) is 2.62. The molecule has 1 unspecified atom stereocenters. The van der Waals surface area contributed by atoms with Crippen LogP contribution in [-0.2, 0) is 0 Å². The van der Waals surface area contributed by atoms with Gasteiger partial charge in [0.25, 0.3) is 0 Å². The van der Waals surface area contributed by atoms with Crippen LogP contribution in [0.3, 0.4) is 0 Å². The van der Waals surface area contributed by atoms with Gasteiger partial charge in [0, 0.05) is 17.5 Å². The van der Waals surface area contributed by atoms with Crippen molar-refractivity contribution in [1.29, 1.82) is 0 Å². The molecular weight excluding hydrogens is 196 g/mol. The molecule has 0 saturated carbocycles. The van der Waals surface area contributed by atoms with E-state index >= 15 is 0 Å². The van der Waals surface area contributed by atoms with Gasteiger partial charge < -0.3 is 10.8 Å². The maximum Gasteiger partial charge on any atom is 0.129 e. The second-order valence-corrected chi connectivity index (χ2v) is 4.42. The number of pyridine rings is 1. The first-order valence-corrected chi connectivity index (χ1v) is 5.79. The van der Waals surface area contributed by atoms with Gasteiger partial charge in [-0.25, -0.2) is 4.98 Å². The molecule has 0 fully saturated rings. The zero-order valence-electron chi connectivity index (χ0n) is 8.53. The van der Waals surface area contributed by atoms with E-state index in [9.17, 15) is 5.11 Å². The highest BCUT2D eigenvalue weighted by atomic mass is 32.2. The number of hydrogen-bond acceptors (Lipinski definition) is 4. The third-order valence-corrected chi connectivity index (χ3v) is 3.01. The van der Waals surface area contributed by atoms with Crippen molar-refractivity contribution < 1.29 is 5.11 Å². The summed E-state index contributed by atoms with van der Waals surface area (Å²) in [4.78, 5) is 3.98. The number of rotatable bonds is 4. The van der Waals surface area contributed by atoms with E-state index in [4.69, 9.17) is 5.73 Å². The molecule has 3 nitrogen and oxygen atoms in total. The normalized spacial score (nSPS) is 12.8. The quantitative estimate of drug-likeness (QED) is 0.798. The second kappa shape index (κ2) is 5.22. The molecule has 78 valence electrons. The molecule has 0 radical (unpaired) electrons. The number of aromatic nitrogens is 1. The standard InChI is InChI=1S/C10H16N2OS/c1-3-14-6-8(13)9-7(2)4-5-12-10(9)11/h4-5,8,13H,3,6H2,1-2H3,(H2,11,12). The summed E-state index contributed by atoms with van der Waals surface area (Å²) in [6.07, 6.45) is 1.15. The Labute approximate surface area is 88.7 Å². The van der Waals surface area contributed by atoms with Crippen LogP contribution in [0.1, 0.15) is 24.2 Å². The van der Waals surface area contributed by atoms with Crippen LogP contribution in [0.15, 0.2) is 12.3 Å². The molecule has 1 heterocycles. The first-order chi connectivity index (χ1) is 6.66. The van der Waals surface area contributed by atoms with Crippen molar-refractivity contribution in [3.63, 3.8) is 0 Å². The summed E-state index contributed by atoms with van der Waals surface area (Å²) in [6.45, 7) is 4.00. The number of nitrogens with zero attached hydrogens (tertiary/aromatic N) is 1. The maximum atomic E-state index is 9.87. The Morgan fingerprint density at radius 1 is 1.64 bits per heavy atom. The SMILES string of the molecule is CCSCC(O)c1c(C)ccnc1N. The molecule has 0 saturated heterocycles. The van der Waals surface area contributed by atoms with Crippen LogP contribution in [0.5, 0.6) is 0 Å². The molecule has 0 spiro atoms. The molecule has 0 aliphatic rings. The predicted molar refractivity (Wildman–Crippen MR) is 61.3 cm³/mol. The van der Waals surface area contributed by atoms with Crippen LogP contribution in [0, 0.1) is 6.92 Å². The van der Waals surface area contributed by atoms with E-state index < -0.39 is 6.10 Å². The fourth-order valence-corrected chi connectivity index (χ4v) is 1.96. The highest BCUT2D eigenvalue weighted by Crippen LogP contribution is 2.25. The molecule has 1 atom stereocenters. The van der Waals surface area contributed by atoms with Gasteiger partial charge in [-0.05, 0) is 24.3 Å². The van der Waals surface area contributed by atoms with Gasteiger partial charge in [0.2, 0.25) is 0 Å². The summed E-state index contributed by atoms with van der Waals surface area (Å²) >= 11 is 1.70. The minimum absolute atomic E-state index is 0.439. The van der Waals surface area contributed by atoms with Crippen molar-refractivity contribution in [3.05, 3.63) is 23.4 Å². The number of thioether (sulfide) groups is 1. The zero-order chi connectivity index (χ0) is 10.6. The fourth-order valence-electron chi connectivity index (χ4n) is 1.34. The highest BCUT2D eigenvalue weighted by molar-refractivity contribution is 7.99. The van der Waals surface area contributed by atoms with Crippen molar-refractivity contribution in [3.8, 4) is 0 Å². The number of aliphatic hydroxyl groups excluding tert-OH is 1. The van der Waals surface area contributed by atoms with Crippen molar-refractivity contribution in [2.75, 3.05) is 17.2 Å². The second-order valence-electron chi connectivity index (χ2n) is 3.10. The lowest BCUT2D eigenvalue weighted by Gasteiger charge is -2.14. The van der Waals surface area contributed by atoms with Gasteiger partial charge in [0.05, 0.1) is 6.10 Å². The molecule has 0 aliphatic heterocycles. The van der Waals surface area contributed by atoms with Gasteiger partial charge in [-0.15, -0.1) is 0 Å². The average Bonchev–Trinajstić information content (AvgIpc) is 2.14. The Morgan fingerprint density at radius 2 is 2.36 bits per heavy atom. The Balaban J connectivity index is 2.82. The van der Waals surface area contributed by atoms with Crippen molar-refractivity contribution >= 4 is 17.6 Å². The Morgan fingerprint density at radius 3 is 2.93 bits per heavy atom. The molecule has 1 aromatic heterocycles. The summed E-state index contributed by atoms with van der Waals surface area (Å²) in [5, 5.41) is 9.87. The smallest absolute Gasteiger partial charge is 0.129 e. The summed E-state index contributed by atoms with van der Waals surface area (Å²) in [6, 6.07) is 1.87. The molecule has 1 rings (SSSR count). The summed E-state index contributed by atoms with van der Waals surface area (Å²) in [7, 11) is 0. The third-order valence-electron chi connectivity index (χ3n) is 2.05. The lowest BCUT2D eigenvalue weighted by atomic mass is 10.1. The number of nitrogen functional groups attached to an aromatic ring is 1. The minimum atomic E-state index is -0.506. The van der Waals surface area contributed by atoms with E-state index in [0.717, 1.165) is 16.9 Å². The average molecular weight is 212 g/mol. The molecule has 0 bridgehead atoms. The summed E-state index contributed by atoms with van der Waals surface area (Å²) in [5.74, 6) is 2.11. The number of nitrogens with two attached hydrogens (primary N) is 1. The van der Waals surface area contributed by atoms with Gasteiger partial charge >= 0.3 is 0 Å². The first-order valence-electron chi connectivity index (χ1n) is 4.63. The molecule has 0 amide bonds. The highest BCUT2D eigenvalue weighted by Gasteiger charge is 2.13. The van der Waals surface area contributed by atoms with E-state index in [1.54, 1.807) is 18.0 Å². The fraction of sp³-hybridized carbons (Fsp3) is 0.500. The van der Waals surface area contributed by atoms with Crippen LogP contribution >= 0.6 is 11.8 Å². The molecule has 0 aromatic carbocycles. The Hall–Kier alpha value is -0.740. The maximum absolute atomic E-state index is 9.87. The Bertz CT molecular complexity index is 284. The van der Waals surface area contributed by atoms with Crippen LogP contribution in [0.2, 0.25) is 0 Å². The van der Waals surface area contributed by atoms with E-state index in [2.05, 4.69) is 11.9 Å². The number of aryl methyl sites for hydroxylation is 1. The van der Waals surface area contributed by atoms with Gasteiger partial charge in [0.1, 0.15) is 5.82 Å². The number of anilines is 1.